The number of halogens is 1. The Hall–Kier alpha value is -1.94. The fourth-order valence-corrected chi connectivity index (χ4v) is 4.77. The maximum atomic E-state index is 13.2. The second kappa shape index (κ2) is 7.36. The average molecular weight is 354 g/mol. The highest BCUT2D eigenvalue weighted by atomic mass is 19.1. The number of nitrogens with zero attached hydrogens (tertiary/aromatic N) is 2. The minimum Gasteiger partial charge on any atom is -0.396 e. The number of aromatic nitrogens is 2. The van der Waals surface area contributed by atoms with Crippen molar-refractivity contribution in [1.82, 2.24) is 9.78 Å². The van der Waals surface area contributed by atoms with Crippen molar-refractivity contribution in [3.63, 3.8) is 0 Å². The van der Waals surface area contributed by atoms with E-state index in [1.807, 2.05) is 10.9 Å². The van der Waals surface area contributed by atoms with Crippen LogP contribution in [0.1, 0.15) is 62.6 Å². The number of aliphatic hydroxyl groups is 1. The van der Waals surface area contributed by atoms with Gasteiger partial charge in [-0.2, -0.15) is 5.10 Å². The van der Waals surface area contributed by atoms with Gasteiger partial charge < -0.3 is 5.11 Å². The fourth-order valence-electron chi connectivity index (χ4n) is 4.77. The Morgan fingerprint density at radius 2 is 1.92 bits per heavy atom. The van der Waals surface area contributed by atoms with Crippen molar-refractivity contribution in [2.45, 2.75) is 57.8 Å². The molecule has 138 valence electrons. The molecule has 4 heteroatoms. The fraction of sp³-hybridized carbons (Fsp3) is 0.500. The third kappa shape index (κ3) is 3.23. The quantitative estimate of drug-likeness (QED) is 0.706. The molecule has 1 aromatic heterocycles. The molecule has 0 unspecified atom stereocenters. The van der Waals surface area contributed by atoms with Crippen LogP contribution in [0.25, 0.3) is 11.8 Å². The second-order valence-electron chi connectivity index (χ2n) is 7.81. The molecule has 2 aromatic rings. The number of hydrogen-bond acceptors (Lipinski definition) is 2. The lowest BCUT2D eigenvalue weighted by molar-refractivity contribution is 0.276. The summed E-state index contributed by atoms with van der Waals surface area (Å²) in [5, 5.41) is 13.5. The van der Waals surface area contributed by atoms with E-state index >= 15 is 0 Å². The molecule has 0 spiro atoms. The number of rotatable bonds is 7. The van der Waals surface area contributed by atoms with E-state index in [0.717, 1.165) is 24.9 Å². The zero-order chi connectivity index (χ0) is 18.0. The van der Waals surface area contributed by atoms with Gasteiger partial charge in [-0.05, 0) is 79.8 Å². The van der Waals surface area contributed by atoms with Crippen molar-refractivity contribution in [3.8, 4) is 5.69 Å². The van der Waals surface area contributed by atoms with Gasteiger partial charge in [-0.25, -0.2) is 9.07 Å². The largest absolute Gasteiger partial charge is 0.396 e. The Labute approximate surface area is 154 Å². The van der Waals surface area contributed by atoms with Crippen LogP contribution in [0.5, 0.6) is 0 Å². The normalized spacial score (nSPS) is 21.4. The first-order valence-corrected chi connectivity index (χ1v) is 9.87. The standard InChI is InChI=1S/C22H27FN2O/c23-19-7-9-20(10-8-19)25-21-14-18-6-5-12-22(18,15-17(21)16-24-25)11-3-1-2-4-13-26/h7-10,14,16,26H,1-6,11-13,15H2/t22-/m0/s1. The van der Waals surface area contributed by atoms with Crippen molar-refractivity contribution in [2.75, 3.05) is 6.61 Å². The summed E-state index contributed by atoms with van der Waals surface area (Å²) < 4.78 is 15.2. The molecule has 1 heterocycles. The Bertz CT molecular complexity index is 793. The number of aliphatic hydroxyl groups excluding tert-OH is 1. The summed E-state index contributed by atoms with van der Waals surface area (Å²) in [5.41, 5.74) is 5.30. The molecule has 1 fully saturated rings. The van der Waals surface area contributed by atoms with Gasteiger partial charge in [0.05, 0.1) is 17.6 Å². The molecular formula is C22H27FN2O. The Morgan fingerprint density at radius 3 is 2.73 bits per heavy atom. The monoisotopic (exact) mass is 354 g/mol. The predicted molar refractivity (Wildman–Crippen MR) is 102 cm³/mol. The van der Waals surface area contributed by atoms with Crippen LogP contribution in [0, 0.1) is 11.2 Å². The first kappa shape index (κ1) is 17.5. The summed E-state index contributed by atoms with van der Waals surface area (Å²) in [6.07, 6.45) is 14.9. The van der Waals surface area contributed by atoms with Crippen LogP contribution in [-0.2, 0) is 6.42 Å². The molecule has 0 saturated heterocycles. The SMILES string of the molecule is OCCCCCC[C@@]12CCCC1=Cc1c(cnn1-c1ccc(F)cc1)C2. The molecule has 0 radical (unpaired) electrons. The molecule has 0 amide bonds. The summed E-state index contributed by atoms with van der Waals surface area (Å²) in [4.78, 5) is 0. The van der Waals surface area contributed by atoms with Crippen LogP contribution in [-0.4, -0.2) is 21.5 Å². The minimum absolute atomic E-state index is 0.218. The molecule has 0 aliphatic heterocycles. The number of fused-ring (bicyclic) bond motifs is 2. The van der Waals surface area contributed by atoms with E-state index in [1.165, 1.54) is 61.9 Å². The van der Waals surface area contributed by atoms with Crippen LogP contribution >= 0.6 is 0 Å². The third-order valence-corrected chi connectivity index (χ3v) is 6.14. The Kier molecular flexibility index (Phi) is 4.94. The molecule has 0 bridgehead atoms. The van der Waals surface area contributed by atoms with E-state index in [2.05, 4.69) is 11.2 Å². The second-order valence-corrected chi connectivity index (χ2v) is 7.81. The lowest BCUT2D eigenvalue weighted by Crippen LogP contribution is -2.25. The Balaban J connectivity index is 1.56. The van der Waals surface area contributed by atoms with Crippen LogP contribution < -0.4 is 0 Å². The van der Waals surface area contributed by atoms with E-state index < -0.39 is 0 Å². The lowest BCUT2D eigenvalue weighted by atomic mass is 9.70. The molecule has 1 atom stereocenters. The van der Waals surface area contributed by atoms with Gasteiger partial charge >= 0.3 is 0 Å². The maximum absolute atomic E-state index is 13.2. The van der Waals surface area contributed by atoms with Crippen LogP contribution in [0.2, 0.25) is 0 Å². The van der Waals surface area contributed by atoms with Gasteiger partial charge in [0.2, 0.25) is 0 Å². The summed E-state index contributed by atoms with van der Waals surface area (Å²) in [6, 6.07) is 6.56. The minimum atomic E-state index is -0.218. The first-order valence-electron chi connectivity index (χ1n) is 9.87. The van der Waals surface area contributed by atoms with E-state index in [9.17, 15) is 4.39 Å². The zero-order valence-electron chi connectivity index (χ0n) is 15.3. The van der Waals surface area contributed by atoms with Crippen molar-refractivity contribution in [3.05, 3.63) is 53.1 Å². The number of benzene rings is 1. The maximum Gasteiger partial charge on any atom is 0.123 e. The van der Waals surface area contributed by atoms with Gasteiger partial charge in [0, 0.05) is 6.61 Å². The molecule has 1 saturated carbocycles. The highest BCUT2D eigenvalue weighted by molar-refractivity contribution is 5.61. The first-order chi connectivity index (χ1) is 12.7. The van der Waals surface area contributed by atoms with Crippen molar-refractivity contribution >= 4 is 6.08 Å². The van der Waals surface area contributed by atoms with Gasteiger partial charge in [0.25, 0.3) is 0 Å². The van der Waals surface area contributed by atoms with Crippen molar-refractivity contribution < 1.29 is 9.50 Å². The van der Waals surface area contributed by atoms with Gasteiger partial charge in [-0.15, -0.1) is 0 Å². The topological polar surface area (TPSA) is 38.1 Å². The average Bonchev–Trinajstić information content (AvgIpc) is 3.23. The van der Waals surface area contributed by atoms with Crippen molar-refractivity contribution in [2.24, 2.45) is 5.41 Å². The van der Waals surface area contributed by atoms with Crippen LogP contribution in [0.15, 0.2) is 36.0 Å². The van der Waals surface area contributed by atoms with Crippen molar-refractivity contribution in [1.29, 1.82) is 0 Å². The molecule has 4 rings (SSSR count). The van der Waals surface area contributed by atoms with E-state index in [0.29, 0.717) is 12.0 Å². The number of allylic oxidation sites excluding steroid dienone is 1. The summed E-state index contributed by atoms with van der Waals surface area (Å²) in [7, 11) is 0. The number of hydrogen-bond donors (Lipinski definition) is 1. The van der Waals surface area contributed by atoms with Crippen LogP contribution in [0.4, 0.5) is 4.39 Å². The molecule has 2 aliphatic rings. The summed E-state index contributed by atoms with van der Waals surface area (Å²) in [5.74, 6) is -0.218. The predicted octanol–water partition coefficient (Wildman–Crippen LogP) is 5.06. The van der Waals surface area contributed by atoms with Gasteiger partial charge in [-0.3, -0.25) is 0 Å². The van der Waals surface area contributed by atoms with Gasteiger partial charge in [0.1, 0.15) is 5.82 Å². The molecule has 1 N–H and O–H groups in total. The van der Waals surface area contributed by atoms with E-state index in [-0.39, 0.29) is 5.82 Å². The molecule has 26 heavy (non-hydrogen) atoms. The van der Waals surface area contributed by atoms with Gasteiger partial charge in [-0.1, -0.05) is 24.8 Å². The lowest BCUT2D eigenvalue weighted by Gasteiger charge is -2.34. The highest BCUT2D eigenvalue weighted by Crippen LogP contribution is 2.52. The highest BCUT2D eigenvalue weighted by Gasteiger charge is 2.41. The molecular weight excluding hydrogens is 327 g/mol. The third-order valence-electron chi connectivity index (χ3n) is 6.14. The molecule has 2 aliphatic carbocycles. The van der Waals surface area contributed by atoms with E-state index in [1.54, 1.807) is 17.7 Å². The van der Waals surface area contributed by atoms with Gasteiger partial charge in [0.15, 0.2) is 0 Å². The number of unbranched alkanes of at least 4 members (excludes halogenated alkanes) is 3. The zero-order valence-corrected chi connectivity index (χ0v) is 15.3. The van der Waals surface area contributed by atoms with Crippen LogP contribution in [0.3, 0.4) is 0 Å². The smallest absolute Gasteiger partial charge is 0.123 e. The summed E-state index contributed by atoms with van der Waals surface area (Å²) in [6.45, 7) is 0.308. The molecule has 3 nitrogen and oxygen atoms in total. The summed E-state index contributed by atoms with van der Waals surface area (Å²) >= 11 is 0. The molecule has 1 aromatic carbocycles. The Morgan fingerprint density at radius 1 is 1.12 bits per heavy atom. The van der Waals surface area contributed by atoms with E-state index in [4.69, 9.17) is 5.11 Å².